The van der Waals surface area contributed by atoms with Crippen LogP contribution in [0.25, 0.3) is 5.52 Å². The van der Waals surface area contributed by atoms with Crippen molar-refractivity contribution in [3.05, 3.63) is 24.2 Å². The van der Waals surface area contributed by atoms with Gasteiger partial charge in [-0.2, -0.15) is 10.4 Å². The van der Waals surface area contributed by atoms with Crippen LogP contribution in [0.2, 0.25) is 0 Å². The lowest BCUT2D eigenvalue weighted by molar-refractivity contribution is -0.240. The summed E-state index contributed by atoms with van der Waals surface area (Å²) in [5, 5.41) is 34.1. The van der Waals surface area contributed by atoms with Crippen molar-refractivity contribution >= 4 is 11.3 Å². The lowest BCUT2D eigenvalue weighted by Crippen LogP contribution is -2.46. The summed E-state index contributed by atoms with van der Waals surface area (Å²) in [5.74, 6) is -1.61. The summed E-state index contributed by atoms with van der Waals surface area (Å²) in [5.41, 5.74) is 5.28. The minimum Gasteiger partial charge on any atom is -0.390 e. The van der Waals surface area contributed by atoms with Crippen molar-refractivity contribution in [1.82, 2.24) is 14.6 Å². The number of nitrogen functional groups attached to an aromatic ring is 1. The Morgan fingerprint density at radius 1 is 1.50 bits per heavy atom. The van der Waals surface area contributed by atoms with Gasteiger partial charge in [0, 0.05) is 5.92 Å². The highest BCUT2D eigenvalue weighted by Gasteiger charge is 2.72. The second kappa shape index (κ2) is 4.64. The quantitative estimate of drug-likeness (QED) is 0.642. The Morgan fingerprint density at radius 2 is 2.25 bits per heavy atom. The van der Waals surface area contributed by atoms with Crippen LogP contribution in [0.1, 0.15) is 19.5 Å². The molecule has 0 amide bonds. The smallest absolute Gasteiger partial charge is 0.223 e. The van der Waals surface area contributed by atoms with Crippen LogP contribution in [0.15, 0.2) is 18.5 Å². The van der Waals surface area contributed by atoms with Crippen LogP contribution in [0.5, 0.6) is 0 Å². The molecule has 4 N–H and O–H groups in total. The summed E-state index contributed by atoms with van der Waals surface area (Å²) in [7, 11) is 0. The number of aliphatic hydroxyl groups excluding tert-OH is 1. The van der Waals surface area contributed by atoms with Gasteiger partial charge in [-0.05, 0) is 26.0 Å². The van der Waals surface area contributed by atoms with Crippen molar-refractivity contribution in [2.24, 2.45) is 5.92 Å². The zero-order valence-corrected chi connectivity index (χ0v) is 13.1. The van der Waals surface area contributed by atoms with Gasteiger partial charge in [0.05, 0.1) is 17.9 Å². The van der Waals surface area contributed by atoms with Crippen molar-refractivity contribution in [2.45, 2.75) is 43.5 Å². The number of aromatic nitrogens is 3. The molecular formula is C15H17N5O4. The lowest BCUT2D eigenvalue weighted by Gasteiger charge is -2.34. The molecule has 3 heterocycles. The van der Waals surface area contributed by atoms with Gasteiger partial charge >= 0.3 is 0 Å². The van der Waals surface area contributed by atoms with Gasteiger partial charge < -0.3 is 25.4 Å². The van der Waals surface area contributed by atoms with Crippen molar-refractivity contribution < 1.29 is 19.7 Å². The molecule has 0 aromatic carbocycles. The molecule has 4 rings (SSSR count). The maximum absolute atomic E-state index is 10.1. The second-order valence-electron chi connectivity index (χ2n) is 6.64. The fourth-order valence-corrected chi connectivity index (χ4v) is 3.40. The van der Waals surface area contributed by atoms with Gasteiger partial charge in [-0.25, -0.2) is 9.50 Å². The molecular weight excluding hydrogens is 314 g/mol. The van der Waals surface area contributed by atoms with Gasteiger partial charge in [0.1, 0.15) is 24.0 Å². The summed E-state index contributed by atoms with van der Waals surface area (Å²) >= 11 is 0. The first-order valence-electron chi connectivity index (χ1n) is 7.54. The van der Waals surface area contributed by atoms with E-state index in [0.717, 1.165) is 0 Å². The summed E-state index contributed by atoms with van der Waals surface area (Å²) in [4.78, 5) is 3.92. The molecule has 0 bridgehead atoms. The van der Waals surface area contributed by atoms with E-state index < -0.39 is 29.7 Å². The van der Waals surface area contributed by atoms with E-state index in [1.165, 1.54) is 24.7 Å². The van der Waals surface area contributed by atoms with Gasteiger partial charge in [-0.3, -0.25) is 0 Å². The SMILES string of the molecule is CC(C)(O)O[C@@H]1C2C(O)[C@H]2O[C@@]1(C#N)c1ccc2c(N)ncnn12. The Kier molecular flexibility index (Phi) is 2.96. The van der Waals surface area contributed by atoms with E-state index >= 15 is 0 Å². The maximum Gasteiger partial charge on any atom is 0.223 e. The van der Waals surface area contributed by atoms with Gasteiger partial charge in [0.2, 0.25) is 5.60 Å². The highest BCUT2D eigenvalue weighted by molar-refractivity contribution is 5.66. The number of ether oxygens (including phenoxy) is 2. The fraction of sp³-hybridized carbons (Fsp3) is 0.533. The molecule has 1 aliphatic carbocycles. The Hall–Kier alpha value is -2.25. The third-order valence-corrected chi connectivity index (χ3v) is 4.49. The molecule has 2 aromatic rings. The predicted octanol–water partition coefficient (Wildman–Crippen LogP) is -0.467. The largest absolute Gasteiger partial charge is 0.390 e. The van der Waals surface area contributed by atoms with Crippen LogP contribution in [-0.4, -0.2) is 48.9 Å². The molecule has 1 saturated heterocycles. The van der Waals surface area contributed by atoms with Crippen LogP contribution in [0.4, 0.5) is 5.82 Å². The molecule has 126 valence electrons. The van der Waals surface area contributed by atoms with Crippen LogP contribution in [-0.2, 0) is 15.1 Å². The molecule has 9 heteroatoms. The number of hydrogen-bond donors (Lipinski definition) is 3. The molecule has 0 radical (unpaired) electrons. The molecule has 2 aromatic heterocycles. The molecule has 1 aliphatic heterocycles. The van der Waals surface area contributed by atoms with Crippen molar-refractivity contribution in [2.75, 3.05) is 5.73 Å². The number of anilines is 1. The van der Waals surface area contributed by atoms with Crippen molar-refractivity contribution in [1.29, 1.82) is 5.26 Å². The number of rotatable bonds is 3. The molecule has 2 unspecified atom stereocenters. The molecule has 2 fully saturated rings. The normalized spacial score (nSPS) is 35.0. The van der Waals surface area contributed by atoms with E-state index in [0.29, 0.717) is 11.2 Å². The molecule has 24 heavy (non-hydrogen) atoms. The first-order valence-corrected chi connectivity index (χ1v) is 7.54. The predicted molar refractivity (Wildman–Crippen MR) is 80.2 cm³/mol. The van der Waals surface area contributed by atoms with Gasteiger partial charge in [0.25, 0.3) is 0 Å². The molecule has 0 spiro atoms. The Bertz CT molecular complexity index is 854. The Morgan fingerprint density at radius 3 is 2.92 bits per heavy atom. The molecule has 9 nitrogen and oxygen atoms in total. The van der Waals surface area contributed by atoms with Crippen LogP contribution < -0.4 is 5.73 Å². The van der Waals surface area contributed by atoms with Crippen molar-refractivity contribution in [3.63, 3.8) is 0 Å². The fourth-order valence-electron chi connectivity index (χ4n) is 3.40. The lowest BCUT2D eigenvalue weighted by atomic mass is 9.91. The maximum atomic E-state index is 10.1. The third-order valence-electron chi connectivity index (χ3n) is 4.49. The van der Waals surface area contributed by atoms with E-state index in [9.17, 15) is 15.5 Å². The number of nitriles is 1. The van der Waals surface area contributed by atoms with Crippen LogP contribution >= 0.6 is 0 Å². The molecule has 1 saturated carbocycles. The third kappa shape index (κ3) is 1.94. The minimum absolute atomic E-state index is 0.271. The standard InChI is InChI=1S/C15H17N5O4/c1-14(2,22)24-12-9-10(21)11(9)23-15(12,5-16)8-4-3-7-13(17)18-6-19-20(7)8/h3-4,6,9-12,21-22H,1-2H3,(H2,17,18,19)/t9?,10?,11-,12+,15-/m0/s1. The second-order valence-corrected chi connectivity index (χ2v) is 6.64. The van der Waals surface area contributed by atoms with E-state index in [1.807, 2.05) is 0 Å². The van der Waals surface area contributed by atoms with Crippen LogP contribution in [0, 0.1) is 17.2 Å². The average Bonchev–Trinajstić information content (AvgIpc) is 2.88. The number of fused-ring (bicyclic) bond motifs is 2. The summed E-state index contributed by atoms with van der Waals surface area (Å²) < 4.78 is 13.0. The highest BCUT2D eigenvalue weighted by Crippen LogP contribution is 2.56. The number of hydrogen-bond acceptors (Lipinski definition) is 8. The van der Waals surface area contributed by atoms with Gasteiger partial charge in [0.15, 0.2) is 11.6 Å². The van der Waals surface area contributed by atoms with E-state index in [4.69, 9.17) is 15.2 Å². The number of nitrogens with two attached hydrogens (primary N) is 1. The number of aliphatic hydroxyl groups is 2. The zero-order valence-electron chi connectivity index (χ0n) is 13.1. The minimum atomic E-state index is -1.51. The average molecular weight is 331 g/mol. The van der Waals surface area contributed by atoms with Gasteiger partial charge in [-0.15, -0.1) is 0 Å². The number of nitrogens with zero attached hydrogens (tertiary/aromatic N) is 4. The Labute approximate surface area is 137 Å². The van der Waals surface area contributed by atoms with E-state index in [1.54, 1.807) is 12.1 Å². The first-order chi connectivity index (χ1) is 11.3. The van der Waals surface area contributed by atoms with Crippen molar-refractivity contribution in [3.8, 4) is 6.07 Å². The van der Waals surface area contributed by atoms with Crippen LogP contribution in [0.3, 0.4) is 0 Å². The van der Waals surface area contributed by atoms with E-state index in [-0.39, 0.29) is 11.7 Å². The monoisotopic (exact) mass is 331 g/mol. The molecule has 5 atom stereocenters. The summed E-state index contributed by atoms with van der Waals surface area (Å²) in [6, 6.07) is 5.51. The summed E-state index contributed by atoms with van der Waals surface area (Å²) in [6.45, 7) is 2.93. The molecule has 2 aliphatic rings. The topological polar surface area (TPSA) is 139 Å². The zero-order chi connectivity index (χ0) is 17.3. The Balaban J connectivity index is 1.86. The van der Waals surface area contributed by atoms with Gasteiger partial charge in [-0.1, -0.05) is 0 Å². The van der Waals surface area contributed by atoms with E-state index in [2.05, 4.69) is 16.2 Å². The summed E-state index contributed by atoms with van der Waals surface area (Å²) in [6.07, 6.45) is -0.795. The first kappa shape index (κ1) is 15.3. The highest BCUT2D eigenvalue weighted by atomic mass is 16.7.